The molecule has 3 aromatic rings. The molecule has 0 radical (unpaired) electrons. The maximum Gasteiger partial charge on any atom is 0.230 e. The number of carbonyl (C=O) groups excluding carboxylic acids is 1. The van der Waals surface area contributed by atoms with Crippen LogP contribution in [0.5, 0.6) is 0 Å². The Morgan fingerprint density at radius 1 is 1.06 bits per heavy atom. The van der Waals surface area contributed by atoms with Crippen LogP contribution >= 0.6 is 11.8 Å². The van der Waals surface area contributed by atoms with Gasteiger partial charge in [-0.2, -0.15) is 0 Å². The highest BCUT2D eigenvalue weighted by molar-refractivity contribution is 7.99. The first-order chi connectivity index (χ1) is 15.1. The largest absolute Gasteiger partial charge is 0.349 e. The summed E-state index contributed by atoms with van der Waals surface area (Å²) >= 11 is 1.47. The number of nitrogens with zero attached hydrogens (tertiary/aromatic N) is 3. The molecule has 1 aromatic heterocycles. The van der Waals surface area contributed by atoms with Crippen LogP contribution in [-0.4, -0.2) is 26.4 Å². The summed E-state index contributed by atoms with van der Waals surface area (Å²) in [7, 11) is 0. The highest BCUT2D eigenvalue weighted by atomic mass is 32.2. The molecule has 1 aliphatic rings. The standard InChI is InChI=1S/C25H30N4OS/c1-18(2)15-22(20-11-7-4-8-12-20)26-23(30)17-31-25-28-27-24(21-13-14-21)29(25)16-19-9-5-3-6-10-19/h3-12,18,21-22H,13-17H2,1-2H3,(H,26,30)/t22-/m0/s1. The monoisotopic (exact) mass is 434 g/mol. The quantitative estimate of drug-likeness (QED) is 0.446. The zero-order valence-corrected chi connectivity index (χ0v) is 19.0. The highest BCUT2D eigenvalue weighted by Gasteiger charge is 2.30. The Morgan fingerprint density at radius 2 is 1.74 bits per heavy atom. The first kappa shape index (κ1) is 21.6. The molecule has 1 amide bonds. The molecule has 2 aromatic carbocycles. The Bertz CT molecular complexity index is 983. The summed E-state index contributed by atoms with van der Waals surface area (Å²) < 4.78 is 2.19. The van der Waals surface area contributed by atoms with E-state index in [9.17, 15) is 4.79 Å². The van der Waals surface area contributed by atoms with Gasteiger partial charge in [-0.3, -0.25) is 4.79 Å². The molecule has 0 saturated heterocycles. The number of amides is 1. The highest BCUT2D eigenvalue weighted by Crippen LogP contribution is 2.40. The number of hydrogen-bond donors (Lipinski definition) is 1. The molecular formula is C25H30N4OS. The van der Waals surface area contributed by atoms with Gasteiger partial charge < -0.3 is 9.88 Å². The van der Waals surface area contributed by atoms with Gasteiger partial charge >= 0.3 is 0 Å². The zero-order valence-electron chi connectivity index (χ0n) is 18.2. The number of thioether (sulfide) groups is 1. The Balaban J connectivity index is 1.43. The molecule has 1 fully saturated rings. The van der Waals surface area contributed by atoms with Gasteiger partial charge in [0.1, 0.15) is 5.82 Å². The fourth-order valence-corrected chi connectivity index (χ4v) is 4.52. The summed E-state index contributed by atoms with van der Waals surface area (Å²) in [6.45, 7) is 5.11. The summed E-state index contributed by atoms with van der Waals surface area (Å²) in [5.41, 5.74) is 2.37. The number of carbonyl (C=O) groups is 1. The molecule has 0 unspecified atom stereocenters. The molecule has 4 rings (SSSR count). The maximum atomic E-state index is 12.8. The molecule has 1 atom stereocenters. The van der Waals surface area contributed by atoms with Gasteiger partial charge in [0.2, 0.25) is 5.91 Å². The van der Waals surface area contributed by atoms with Crippen molar-refractivity contribution in [3.63, 3.8) is 0 Å². The van der Waals surface area contributed by atoms with Crippen LogP contribution in [0.15, 0.2) is 65.8 Å². The number of rotatable bonds is 10. The van der Waals surface area contributed by atoms with Gasteiger partial charge in [-0.1, -0.05) is 86.3 Å². The minimum atomic E-state index is 0.0264. The van der Waals surface area contributed by atoms with E-state index in [1.165, 1.54) is 30.2 Å². The van der Waals surface area contributed by atoms with Gasteiger partial charge in [0, 0.05) is 5.92 Å². The Labute approximate surface area is 188 Å². The van der Waals surface area contributed by atoms with Crippen LogP contribution in [0.25, 0.3) is 0 Å². The molecule has 1 heterocycles. The summed E-state index contributed by atoms with van der Waals surface area (Å²) in [5, 5.41) is 12.9. The summed E-state index contributed by atoms with van der Waals surface area (Å²) in [6, 6.07) is 20.6. The van der Waals surface area contributed by atoms with E-state index in [0.29, 0.717) is 17.6 Å². The van der Waals surface area contributed by atoms with Crippen molar-refractivity contribution < 1.29 is 4.79 Å². The van der Waals surface area contributed by atoms with Crippen LogP contribution in [0.3, 0.4) is 0 Å². The van der Waals surface area contributed by atoms with Crippen LogP contribution in [0.2, 0.25) is 0 Å². The van der Waals surface area contributed by atoms with Crippen molar-refractivity contribution in [3.8, 4) is 0 Å². The molecule has 1 N–H and O–H groups in total. The second-order valence-electron chi connectivity index (χ2n) is 8.64. The Kier molecular flexibility index (Phi) is 7.07. The van der Waals surface area contributed by atoms with Crippen molar-refractivity contribution in [1.29, 1.82) is 0 Å². The van der Waals surface area contributed by atoms with Crippen molar-refractivity contribution >= 4 is 17.7 Å². The van der Waals surface area contributed by atoms with E-state index in [1.54, 1.807) is 0 Å². The predicted octanol–water partition coefficient (Wildman–Crippen LogP) is 5.20. The average molecular weight is 435 g/mol. The molecular weight excluding hydrogens is 404 g/mol. The third kappa shape index (κ3) is 5.97. The maximum absolute atomic E-state index is 12.8. The minimum absolute atomic E-state index is 0.0264. The lowest BCUT2D eigenvalue weighted by Crippen LogP contribution is -2.31. The van der Waals surface area contributed by atoms with Crippen LogP contribution in [-0.2, 0) is 11.3 Å². The van der Waals surface area contributed by atoms with Crippen LogP contribution < -0.4 is 5.32 Å². The third-order valence-corrected chi connectivity index (χ3v) is 6.41. The molecule has 0 aliphatic heterocycles. The van der Waals surface area contributed by atoms with Crippen molar-refractivity contribution in [3.05, 3.63) is 77.6 Å². The summed E-state index contributed by atoms with van der Waals surface area (Å²) in [4.78, 5) is 12.8. The van der Waals surface area contributed by atoms with Crippen LogP contribution in [0.4, 0.5) is 0 Å². The average Bonchev–Trinajstić information content (AvgIpc) is 3.54. The Morgan fingerprint density at radius 3 is 2.39 bits per heavy atom. The van der Waals surface area contributed by atoms with Crippen molar-refractivity contribution in [2.45, 2.75) is 56.8 Å². The van der Waals surface area contributed by atoms with Crippen LogP contribution in [0, 0.1) is 5.92 Å². The van der Waals surface area contributed by atoms with Gasteiger partial charge in [0.05, 0.1) is 18.3 Å². The molecule has 162 valence electrons. The van der Waals surface area contributed by atoms with E-state index in [1.807, 2.05) is 24.3 Å². The van der Waals surface area contributed by atoms with Crippen molar-refractivity contribution in [2.75, 3.05) is 5.75 Å². The third-order valence-electron chi connectivity index (χ3n) is 5.45. The van der Waals surface area contributed by atoms with Crippen molar-refractivity contribution in [2.24, 2.45) is 5.92 Å². The van der Waals surface area contributed by atoms with E-state index in [-0.39, 0.29) is 11.9 Å². The van der Waals surface area contributed by atoms with Gasteiger partial charge in [-0.05, 0) is 36.3 Å². The van der Waals surface area contributed by atoms with Gasteiger partial charge in [-0.15, -0.1) is 10.2 Å². The number of benzene rings is 2. The van der Waals surface area contributed by atoms with E-state index >= 15 is 0 Å². The molecule has 0 bridgehead atoms. The van der Waals surface area contributed by atoms with E-state index in [0.717, 1.165) is 29.5 Å². The fraction of sp³-hybridized carbons (Fsp3) is 0.400. The van der Waals surface area contributed by atoms with Gasteiger partial charge in [0.25, 0.3) is 0 Å². The molecule has 1 saturated carbocycles. The first-order valence-corrected chi connectivity index (χ1v) is 12.0. The summed E-state index contributed by atoms with van der Waals surface area (Å²) in [5.74, 6) is 2.41. The number of aromatic nitrogens is 3. The second kappa shape index (κ2) is 10.1. The van der Waals surface area contributed by atoms with Gasteiger partial charge in [-0.25, -0.2) is 0 Å². The van der Waals surface area contributed by atoms with Crippen LogP contribution in [0.1, 0.15) is 62.0 Å². The first-order valence-electron chi connectivity index (χ1n) is 11.0. The fourth-order valence-electron chi connectivity index (χ4n) is 3.77. The normalized spacial score (nSPS) is 14.5. The summed E-state index contributed by atoms with van der Waals surface area (Å²) in [6.07, 6.45) is 3.26. The second-order valence-corrected chi connectivity index (χ2v) is 9.58. The lowest BCUT2D eigenvalue weighted by Gasteiger charge is -2.21. The molecule has 5 nitrogen and oxygen atoms in total. The number of hydrogen-bond acceptors (Lipinski definition) is 4. The zero-order chi connectivity index (χ0) is 21.6. The lowest BCUT2D eigenvalue weighted by molar-refractivity contribution is -0.119. The minimum Gasteiger partial charge on any atom is -0.349 e. The van der Waals surface area contributed by atoms with E-state index in [2.05, 4.69) is 70.3 Å². The van der Waals surface area contributed by atoms with Gasteiger partial charge in [0.15, 0.2) is 5.16 Å². The van der Waals surface area contributed by atoms with E-state index < -0.39 is 0 Å². The molecule has 6 heteroatoms. The van der Waals surface area contributed by atoms with E-state index in [4.69, 9.17) is 0 Å². The smallest absolute Gasteiger partial charge is 0.230 e. The molecule has 0 spiro atoms. The van der Waals surface area contributed by atoms with Crippen molar-refractivity contribution in [1.82, 2.24) is 20.1 Å². The number of nitrogens with one attached hydrogen (secondary N) is 1. The SMILES string of the molecule is CC(C)C[C@H](NC(=O)CSc1nnc(C2CC2)n1Cc1ccccc1)c1ccccc1. The topological polar surface area (TPSA) is 59.8 Å². The Hall–Kier alpha value is -2.60. The lowest BCUT2D eigenvalue weighted by atomic mass is 9.97. The molecule has 31 heavy (non-hydrogen) atoms. The predicted molar refractivity (Wildman–Crippen MR) is 125 cm³/mol. The molecule has 1 aliphatic carbocycles.